The van der Waals surface area contributed by atoms with Gasteiger partial charge in [0.15, 0.2) is 5.13 Å². The van der Waals surface area contributed by atoms with Gasteiger partial charge in [-0.3, -0.25) is 19.7 Å². The number of hydrogen-bond acceptors (Lipinski definition) is 7. The molecule has 9 heteroatoms. The molecule has 1 aromatic heterocycles. The van der Waals surface area contributed by atoms with Crippen molar-refractivity contribution in [3.8, 4) is 0 Å². The summed E-state index contributed by atoms with van der Waals surface area (Å²) in [6.45, 7) is 2.96. The molecule has 1 aromatic carbocycles. The van der Waals surface area contributed by atoms with Crippen LogP contribution in [-0.2, 0) is 22.7 Å². The second kappa shape index (κ2) is 7.23. The Kier molecular flexibility index (Phi) is 4.56. The number of benzene rings is 1. The molecule has 5 rings (SSSR count). The minimum atomic E-state index is -0.592. The van der Waals surface area contributed by atoms with Crippen LogP contribution in [0, 0.1) is 0 Å². The van der Waals surface area contributed by atoms with E-state index in [1.54, 1.807) is 22.3 Å². The molecule has 3 aliphatic heterocycles. The van der Waals surface area contributed by atoms with Gasteiger partial charge in [-0.1, -0.05) is 12.1 Å². The molecule has 0 spiro atoms. The Bertz CT molecular complexity index is 1000. The molecule has 0 aliphatic carbocycles. The van der Waals surface area contributed by atoms with Crippen molar-refractivity contribution in [2.45, 2.75) is 37.9 Å². The summed E-state index contributed by atoms with van der Waals surface area (Å²) in [7, 11) is 0. The molecule has 3 amide bonds. The maximum absolute atomic E-state index is 12.9. The summed E-state index contributed by atoms with van der Waals surface area (Å²) in [5.41, 5.74) is 2.59. The number of rotatable bonds is 5. The lowest BCUT2D eigenvalue weighted by atomic mass is 10.0. The molecule has 2 fully saturated rings. The predicted octanol–water partition coefficient (Wildman–Crippen LogP) is 1.20. The van der Waals surface area contributed by atoms with Crippen LogP contribution in [0.2, 0.25) is 0 Å². The molecule has 1 atom stereocenters. The van der Waals surface area contributed by atoms with E-state index in [1.165, 1.54) is 4.88 Å². The van der Waals surface area contributed by atoms with Crippen LogP contribution >= 0.6 is 11.3 Å². The molecule has 29 heavy (non-hydrogen) atoms. The van der Waals surface area contributed by atoms with Gasteiger partial charge in [-0.15, -0.1) is 11.3 Å². The van der Waals surface area contributed by atoms with Gasteiger partial charge in [-0.05, 0) is 23.6 Å². The highest BCUT2D eigenvalue weighted by Crippen LogP contribution is 2.31. The average molecular weight is 411 g/mol. The molecule has 3 aliphatic rings. The molecule has 1 unspecified atom stereocenters. The van der Waals surface area contributed by atoms with Crippen LogP contribution in [0.1, 0.15) is 45.1 Å². The third-order valence-electron chi connectivity index (χ3n) is 5.82. The third-order valence-corrected chi connectivity index (χ3v) is 6.93. The Morgan fingerprint density at radius 2 is 2.10 bits per heavy atom. The topological polar surface area (TPSA) is 103 Å². The predicted molar refractivity (Wildman–Crippen MR) is 108 cm³/mol. The van der Waals surface area contributed by atoms with E-state index in [2.05, 4.69) is 20.9 Å². The summed E-state index contributed by atoms with van der Waals surface area (Å²) in [5, 5.41) is 9.85. The van der Waals surface area contributed by atoms with Gasteiger partial charge in [-0.2, -0.15) is 0 Å². The monoisotopic (exact) mass is 411 g/mol. The van der Waals surface area contributed by atoms with Crippen molar-refractivity contribution in [2.75, 3.05) is 18.4 Å². The van der Waals surface area contributed by atoms with Crippen LogP contribution in [0.15, 0.2) is 24.4 Å². The van der Waals surface area contributed by atoms with E-state index in [-0.39, 0.29) is 24.1 Å². The van der Waals surface area contributed by atoms with Crippen LogP contribution in [0.3, 0.4) is 0 Å². The quantitative estimate of drug-likeness (QED) is 0.639. The fraction of sp³-hybridized carbons (Fsp3) is 0.400. The van der Waals surface area contributed by atoms with E-state index in [0.29, 0.717) is 31.0 Å². The normalized spacial score (nSPS) is 21.7. The molecule has 3 N–H and O–H groups in total. The number of amides is 3. The van der Waals surface area contributed by atoms with Crippen molar-refractivity contribution in [3.05, 3.63) is 46.0 Å². The van der Waals surface area contributed by atoms with Gasteiger partial charge in [0.2, 0.25) is 11.8 Å². The first-order valence-electron chi connectivity index (χ1n) is 9.76. The number of imide groups is 1. The number of carbonyl (C=O) groups excluding carboxylic acids is 3. The molecule has 0 saturated carbocycles. The zero-order valence-corrected chi connectivity index (χ0v) is 16.6. The van der Waals surface area contributed by atoms with Crippen molar-refractivity contribution in [1.82, 2.24) is 20.5 Å². The lowest BCUT2D eigenvalue weighted by Gasteiger charge is -2.29. The summed E-state index contributed by atoms with van der Waals surface area (Å²) in [4.78, 5) is 43.9. The Morgan fingerprint density at radius 3 is 2.86 bits per heavy atom. The molecule has 4 heterocycles. The van der Waals surface area contributed by atoms with Gasteiger partial charge in [0, 0.05) is 55.2 Å². The number of fused-ring (bicyclic) bond motifs is 1. The second-order valence-electron chi connectivity index (χ2n) is 7.62. The third kappa shape index (κ3) is 3.30. The van der Waals surface area contributed by atoms with E-state index in [9.17, 15) is 14.4 Å². The number of nitrogens with one attached hydrogen (secondary N) is 3. The van der Waals surface area contributed by atoms with Gasteiger partial charge >= 0.3 is 0 Å². The van der Waals surface area contributed by atoms with Crippen LogP contribution in [0.25, 0.3) is 0 Å². The molecule has 0 radical (unpaired) electrons. The van der Waals surface area contributed by atoms with Crippen LogP contribution in [0.4, 0.5) is 5.13 Å². The molecule has 8 nitrogen and oxygen atoms in total. The fourth-order valence-corrected chi connectivity index (χ4v) is 4.94. The van der Waals surface area contributed by atoms with E-state index in [0.717, 1.165) is 29.3 Å². The maximum Gasteiger partial charge on any atom is 0.255 e. The Labute approximate surface area is 171 Å². The number of thiazole rings is 1. The number of anilines is 1. The Hall–Kier alpha value is -2.78. The number of hydrogen-bond donors (Lipinski definition) is 3. The molecule has 2 saturated heterocycles. The number of carbonyl (C=O) groups is 3. The van der Waals surface area contributed by atoms with Gasteiger partial charge < -0.3 is 15.5 Å². The lowest BCUT2D eigenvalue weighted by molar-refractivity contribution is -0.136. The lowest BCUT2D eigenvalue weighted by Crippen LogP contribution is -2.52. The minimum Gasteiger partial charge on any atom is -0.357 e. The van der Waals surface area contributed by atoms with Crippen molar-refractivity contribution < 1.29 is 14.4 Å². The fourth-order valence-electron chi connectivity index (χ4n) is 4.03. The molecule has 150 valence electrons. The first kappa shape index (κ1) is 18.3. The van der Waals surface area contributed by atoms with E-state index in [4.69, 9.17) is 0 Å². The smallest absolute Gasteiger partial charge is 0.255 e. The van der Waals surface area contributed by atoms with Gasteiger partial charge in [0.1, 0.15) is 6.04 Å². The number of aromatic nitrogens is 1. The first-order valence-corrected chi connectivity index (χ1v) is 10.6. The summed E-state index contributed by atoms with van der Waals surface area (Å²) >= 11 is 1.67. The zero-order valence-electron chi connectivity index (χ0n) is 15.7. The molecular weight excluding hydrogens is 390 g/mol. The zero-order chi connectivity index (χ0) is 20.0. The van der Waals surface area contributed by atoms with Crippen molar-refractivity contribution in [3.63, 3.8) is 0 Å². The summed E-state index contributed by atoms with van der Waals surface area (Å²) in [6, 6.07) is 5.08. The number of piperidine rings is 1. The molecule has 0 bridgehead atoms. The summed E-state index contributed by atoms with van der Waals surface area (Å²) in [6.07, 6.45) is 2.56. The second-order valence-corrected chi connectivity index (χ2v) is 8.68. The van der Waals surface area contributed by atoms with Crippen LogP contribution in [0.5, 0.6) is 0 Å². The SMILES string of the molecule is O=C1CCC(N2Cc3c(CNc4ncc(C5CNC5)s4)cccc3C2=O)C(=O)N1. The largest absolute Gasteiger partial charge is 0.357 e. The highest BCUT2D eigenvalue weighted by atomic mass is 32.1. The minimum absolute atomic E-state index is 0.148. The van der Waals surface area contributed by atoms with E-state index in [1.807, 2.05) is 18.3 Å². The van der Waals surface area contributed by atoms with Crippen LogP contribution in [-0.4, -0.2) is 46.7 Å². The van der Waals surface area contributed by atoms with Gasteiger partial charge in [0.25, 0.3) is 5.91 Å². The summed E-state index contributed by atoms with van der Waals surface area (Å²) in [5.74, 6) is -0.252. The standard InChI is InChI=1S/C20H21N5O3S/c26-17-5-4-15(18(27)24-17)25-10-14-11(2-1-3-13(14)19(25)28)8-22-20-23-9-16(29-20)12-6-21-7-12/h1-3,9,12,15,21H,4-8,10H2,(H,22,23)(H,24,26,27). The van der Waals surface area contributed by atoms with Gasteiger partial charge in [-0.25, -0.2) is 4.98 Å². The van der Waals surface area contributed by atoms with Gasteiger partial charge in [0.05, 0.1) is 0 Å². The van der Waals surface area contributed by atoms with Crippen molar-refractivity contribution in [2.24, 2.45) is 0 Å². The first-order chi connectivity index (χ1) is 14.1. The van der Waals surface area contributed by atoms with E-state index < -0.39 is 6.04 Å². The molecular formula is C20H21N5O3S. The summed E-state index contributed by atoms with van der Waals surface area (Å²) < 4.78 is 0. The van der Waals surface area contributed by atoms with Crippen molar-refractivity contribution >= 4 is 34.2 Å². The maximum atomic E-state index is 12.9. The average Bonchev–Trinajstić information content (AvgIpc) is 3.24. The van der Waals surface area contributed by atoms with Crippen LogP contribution < -0.4 is 16.0 Å². The molecule has 2 aromatic rings. The highest BCUT2D eigenvalue weighted by molar-refractivity contribution is 7.15. The van der Waals surface area contributed by atoms with E-state index >= 15 is 0 Å². The van der Waals surface area contributed by atoms with Crippen molar-refractivity contribution in [1.29, 1.82) is 0 Å². The number of nitrogens with zero attached hydrogens (tertiary/aromatic N) is 2. The highest BCUT2D eigenvalue weighted by Gasteiger charge is 2.39. The Morgan fingerprint density at radius 1 is 1.24 bits per heavy atom. The Balaban J connectivity index is 1.31.